The van der Waals surface area contributed by atoms with Crippen LogP contribution in [0.1, 0.15) is 15.9 Å². The maximum absolute atomic E-state index is 12.7. The SMILES string of the molecule is NCCc1cc(Cl)c2cccnc2c1N1CCN(C(=O)c2ccccc2)CC1. The number of benzene rings is 2. The largest absolute Gasteiger partial charge is 0.366 e. The summed E-state index contributed by atoms with van der Waals surface area (Å²) < 4.78 is 0. The van der Waals surface area contributed by atoms with Crippen molar-refractivity contribution in [1.29, 1.82) is 0 Å². The zero-order valence-electron chi connectivity index (χ0n) is 15.6. The van der Waals surface area contributed by atoms with Gasteiger partial charge in [0.1, 0.15) is 0 Å². The first-order valence-electron chi connectivity index (χ1n) is 9.54. The number of nitrogens with two attached hydrogens (primary N) is 1. The van der Waals surface area contributed by atoms with Crippen molar-refractivity contribution in [3.8, 4) is 0 Å². The molecular formula is C22H23ClN4O. The molecule has 2 N–H and O–H groups in total. The Morgan fingerprint density at radius 2 is 1.82 bits per heavy atom. The number of aromatic nitrogens is 1. The first kappa shape index (κ1) is 18.7. The Morgan fingerprint density at radius 3 is 2.54 bits per heavy atom. The maximum atomic E-state index is 12.7. The Balaban J connectivity index is 1.61. The average molecular weight is 395 g/mol. The highest BCUT2D eigenvalue weighted by Crippen LogP contribution is 2.35. The van der Waals surface area contributed by atoms with Gasteiger partial charge in [-0.15, -0.1) is 0 Å². The van der Waals surface area contributed by atoms with E-state index in [-0.39, 0.29) is 5.91 Å². The highest BCUT2D eigenvalue weighted by Gasteiger charge is 2.25. The molecule has 1 aliphatic heterocycles. The topological polar surface area (TPSA) is 62.5 Å². The second-order valence-electron chi connectivity index (χ2n) is 6.95. The maximum Gasteiger partial charge on any atom is 0.253 e. The monoisotopic (exact) mass is 394 g/mol. The van der Waals surface area contributed by atoms with E-state index in [0.29, 0.717) is 24.7 Å². The number of carbonyl (C=O) groups is 1. The molecule has 1 amide bonds. The smallest absolute Gasteiger partial charge is 0.253 e. The second-order valence-corrected chi connectivity index (χ2v) is 7.36. The van der Waals surface area contributed by atoms with Crippen LogP contribution in [0.4, 0.5) is 5.69 Å². The molecule has 0 bridgehead atoms. The molecule has 1 aromatic heterocycles. The highest BCUT2D eigenvalue weighted by molar-refractivity contribution is 6.36. The van der Waals surface area contributed by atoms with Gasteiger partial charge in [-0.2, -0.15) is 0 Å². The third-order valence-electron chi connectivity index (χ3n) is 5.21. The van der Waals surface area contributed by atoms with Gasteiger partial charge in [-0.25, -0.2) is 0 Å². The Morgan fingerprint density at radius 1 is 1.07 bits per heavy atom. The fourth-order valence-electron chi connectivity index (χ4n) is 3.83. The van der Waals surface area contributed by atoms with Crippen molar-refractivity contribution in [3.05, 3.63) is 70.9 Å². The van der Waals surface area contributed by atoms with Crippen LogP contribution in [0.25, 0.3) is 10.9 Å². The summed E-state index contributed by atoms with van der Waals surface area (Å²) in [6.07, 6.45) is 2.54. The number of nitrogens with zero attached hydrogens (tertiary/aromatic N) is 3. The molecular weight excluding hydrogens is 372 g/mol. The summed E-state index contributed by atoms with van der Waals surface area (Å²) in [6, 6.07) is 15.4. The molecule has 3 aromatic rings. The summed E-state index contributed by atoms with van der Waals surface area (Å²) in [5.41, 5.74) is 9.69. The third kappa shape index (κ3) is 3.55. The fraction of sp³-hybridized carbons (Fsp3) is 0.273. The van der Waals surface area contributed by atoms with Gasteiger partial charge in [0.05, 0.1) is 16.2 Å². The van der Waals surface area contributed by atoms with Crippen LogP contribution in [0.5, 0.6) is 0 Å². The number of anilines is 1. The summed E-state index contributed by atoms with van der Waals surface area (Å²) in [5.74, 6) is 0.0847. The minimum absolute atomic E-state index is 0.0847. The number of piperazine rings is 1. The molecule has 0 spiro atoms. The Kier molecular flexibility index (Phi) is 5.46. The zero-order valence-corrected chi connectivity index (χ0v) is 16.4. The molecule has 144 valence electrons. The van der Waals surface area contributed by atoms with Gasteiger partial charge in [0, 0.05) is 43.3 Å². The van der Waals surface area contributed by atoms with Crippen molar-refractivity contribution in [2.75, 3.05) is 37.6 Å². The lowest BCUT2D eigenvalue weighted by atomic mass is 10.0. The van der Waals surface area contributed by atoms with Crippen molar-refractivity contribution < 1.29 is 4.79 Å². The van der Waals surface area contributed by atoms with Crippen LogP contribution in [0.15, 0.2) is 54.7 Å². The number of halogens is 1. The van der Waals surface area contributed by atoms with Gasteiger partial charge in [0.25, 0.3) is 5.91 Å². The van der Waals surface area contributed by atoms with Crippen molar-refractivity contribution in [2.45, 2.75) is 6.42 Å². The van der Waals surface area contributed by atoms with E-state index in [1.807, 2.05) is 53.4 Å². The van der Waals surface area contributed by atoms with Crippen LogP contribution >= 0.6 is 11.6 Å². The number of amides is 1. The van der Waals surface area contributed by atoms with Crippen molar-refractivity contribution in [1.82, 2.24) is 9.88 Å². The second kappa shape index (κ2) is 8.17. The number of pyridine rings is 1. The predicted molar refractivity (Wildman–Crippen MR) is 114 cm³/mol. The van der Waals surface area contributed by atoms with E-state index in [9.17, 15) is 4.79 Å². The van der Waals surface area contributed by atoms with Gasteiger partial charge < -0.3 is 15.5 Å². The van der Waals surface area contributed by atoms with E-state index in [0.717, 1.165) is 47.2 Å². The lowest BCUT2D eigenvalue weighted by Crippen LogP contribution is -2.49. The van der Waals surface area contributed by atoms with Crippen molar-refractivity contribution >= 4 is 34.1 Å². The normalized spacial score (nSPS) is 14.5. The van der Waals surface area contributed by atoms with Crippen LogP contribution in [-0.4, -0.2) is 48.5 Å². The van der Waals surface area contributed by atoms with E-state index in [2.05, 4.69) is 9.88 Å². The number of hydrogen-bond acceptors (Lipinski definition) is 4. The summed E-state index contributed by atoms with van der Waals surface area (Å²) >= 11 is 6.49. The third-order valence-corrected chi connectivity index (χ3v) is 5.52. The van der Waals surface area contributed by atoms with Gasteiger partial charge in [-0.1, -0.05) is 29.8 Å². The molecule has 0 radical (unpaired) electrons. The van der Waals surface area contributed by atoms with Gasteiger partial charge >= 0.3 is 0 Å². The average Bonchev–Trinajstić information content (AvgIpc) is 2.75. The fourth-order valence-corrected chi connectivity index (χ4v) is 4.12. The van der Waals surface area contributed by atoms with E-state index < -0.39 is 0 Å². The number of rotatable bonds is 4. The molecule has 0 saturated carbocycles. The standard InChI is InChI=1S/C22H23ClN4O/c23-19-15-17(8-9-24)21(20-18(19)7-4-10-25-20)26-11-13-27(14-12-26)22(28)16-5-2-1-3-6-16/h1-7,10,15H,8-9,11-14,24H2. The molecule has 2 aromatic carbocycles. The quantitative estimate of drug-likeness (QED) is 0.737. The first-order chi connectivity index (χ1) is 13.7. The van der Waals surface area contributed by atoms with E-state index >= 15 is 0 Å². The number of carbonyl (C=O) groups excluding carboxylic acids is 1. The lowest BCUT2D eigenvalue weighted by molar-refractivity contribution is 0.0747. The Labute approximate surface area is 169 Å². The molecule has 0 atom stereocenters. The molecule has 0 unspecified atom stereocenters. The minimum atomic E-state index is 0.0847. The minimum Gasteiger partial charge on any atom is -0.366 e. The highest BCUT2D eigenvalue weighted by atomic mass is 35.5. The predicted octanol–water partition coefficient (Wildman–Crippen LogP) is 3.35. The van der Waals surface area contributed by atoms with E-state index in [1.54, 1.807) is 6.20 Å². The van der Waals surface area contributed by atoms with E-state index in [1.165, 1.54) is 0 Å². The number of hydrogen-bond donors (Lipinski definition) is 1. The molecule has 6 heteroatoms. The van der Waals surface area contributed by atoms with Crippen LogP contribution in [0.2, 0.25) is 5.02 Å². The van der Waals surface area contributed by atoms with Crippen LogP contribution in [-0.2, 0) is 6.42 Å². The van der Waals surface area contributed by atoms with Gasteiger partial charge in [0.15, 0.2) is 0 Å². The van der Waals surface area contributed by atoms with Crippen molar-refractivity contribution in [3.63, 3.8) is 0 Å². The summed E-state index contributed by atoms with van der Waals surface area (Å²) in [4.78, 5) is 21.6. The summed E-state index contributed by atoms with van der Waals surface area (Å²) in [7, 11) is 0. The first-order valence-corrected chi connectivity index (χ1v) is 9.92. The van der Waals surface area contributed by atoms with Crippen LogP contribution in [0.3, 0.4) is 0 Å². The molecule has 0 aliphatic carbocycles. The molecule has 28 heavy (non-hydrogen) atoms. The van der Waals surface area contributed by atoms with Crippen LogP contribution in [0, 0.1) is 0 Å². The summed E-state index contributed by atoms with van der Waals surface area (Å²) in [6.45, 7) is 3.40. The van der Waals surface area contributed by atoms with E-state index in [4.69, 9.17) is 17.3 Å². The molecule has 1 saturated heterocycles. The molecule has 1 fully saturated rings. The van der Waals surface area contributed by atoms with Gasteiger partial charge in [-0.05, 0) is 48.9 Å². The number of fused-ring (bicyclic) bond motifs is 1. The molecule has 5 nitrogen and oxygen atoms in total. The summed E-state index contributed by atoms with van der Waals surface area (Å²) in [5, 5.41) is 1.65. The Hall–Kier alpha value is -2.63. The van der Waals surface area contributed by atoms with Crippen LogP contribution < -0.4 is 10.6 Å². The van der Waals surface area contributed by atoms with Gasteiger partial charge in [-0.3, -0.25) is 9.78 Å². The van der Waals surface area contributed by atoms with Crippen molar-refractivity contribution in [2.24, 2.45) is 5.73 Å². The lowest BCUT2D eigenvalue weighted by Gasteiger charge is -2.37. The molecule has 1 aliphatic rings. The van der Waals surface area contributed by atoms with Gasteiger partial charge in [0.2, 0.25) is 0 Å². The molecule has 4 rings (SSSR count). The Bertz CT molecular complexity index is 984. The molecule has 2 heterocycles. The zero-order chi connectivity index (χ0) is 19.5.